The lowest BCUT2D eigenvalue weighted by molar-refractivity contribution is 0.242. The van der Waals surface area contributed by atoms with Gasteiger partial charge in [-0.15, -0.1) is 0 Å². The fourth-order valence-corrected chi connectivity index (χ4v) is 1.61. The number of urea groups is 1. The standard InChI is InChI=1S/C9H10BrN3O/c10-7-2-3-8(12-6-7)13-5-1-4-11-9(13)14/h2-3,6H,1,4-5H2,(H,11,14). The Labute approximate surface area is 90.4 Å². The molecule has 0 saturated carbocycles. The van der Waals surface area contributed by atoms with Crippen LogP contribution in [-0.2, 0) is 0 Å². The highest BCUT2D eigenvalue weighted by molar-refractivity contribution is 9.10. The van der Waals surface area contributed by atoms with Gasteiger partial charge in [-0.2, -0.15) is 0 Å². The quantitative estimate of drug-likeness (QED) is 0.832. The van der Waals surface area contributed by atoms with Crippen LogP contribution >= 0.6 is 15.9 Å². The summed E-state index contributed by atoms with van der Waals surface area (Å²) in [6.07, 6.45) is 2.65. The molecule has 0 unspecified atom stereocenters. The molecule has 0 aromatic carbocycles. The van der Waals surface area contributed by atoms with Crippen LogP contribution in [0.2, 0.25) is 0 Å². The van der Waals surface area contributed by atoms with Gasteiger partial charge in [0.05, 0.1) is 0 Å². The molecule has 74 valence electrons. The number of carbonyl (C=O) groups excluding carboxylic acids is 1. The SMILES string of the molecule is O=C1NCCCN1c1ccc(Br)cn1. The van der Waals surface area contributed by atoms with Crippen LogP contribution in [0.5, 0.6) is 0 Å². The Morgan fingerprint density at radius 1 is 1.50 bits per heavy atom. The van der Waals surface area contributed by atoms with Gasteiger partial charge in [-0.1, -0.05) is 0 Å². The molecular formula is C9H10BrN3O. The maximum absolute atomic E-state index is 11.4. The molecule has 1 saturated heterocycles. The summed E-state index contributed by atoms with van der Waals surface area (Å²) < 4.78 is 0.915. The summed E-state index contributed by atoms with van der Waals surface area (Å²) in [6.45, 7) is 1.49. The van der Waals surface area contributed by atoms with Crippen molar-refractivity contribution in [3.63, 3.8) is 0 Å². The summed E-state index contributed by atoms with van der Waals surface area (Å²) in [6, 6.07) is 3.64. The zero-order chi connectivity index (χ0) is 9.97. The minimum Gasteiger partial charge on any atom is -0.338 e. The van der Waals surface area contributed by atoms with Crippen molar-refractivity contribution < 1.29 is 4.79 Å². The van der Waals surface area contributed by atoms with E-state index < -0.39 is 0 Å². The Hall–Kier alpha value is -1.10. The van der Waals surface area contributed by atoms with Gasteiger partial charge >= 0.3 is 6.03 Å². The summed E-state index contributed by atoms with van der Waals surface area (Å²) >= 11 is 3.30. The number of pyridine rings is 1. The van der Waals surface area contributed by atoms with E-state index in [4.69, 9.17) is 0 Å². The summed E-state index contributed by atoms with van der Waals surface area (Å²) in [5.74, 6) is 0.699. The van der Waals surface area contributed by atoms with Gasteiger partial charge in [0, 0.05) is 23.8 Å². The second kappa shape index (κ2) is 3.96. The number of halogens is 1. The van der Waals surface area contributed by atoms with E-state index in [1.807, 2.05) is 12.1 Å². The Morgan fingerprint density at radius 2 is 2.36 bits per heavy atom. The van der Waals surface area contributed by atoms with Crippen LogP contribution in [0.25, 0.3) is 0 Å². The molecule has 0 spiro atoms. The van der Waals surface area contributed by atoms with Gasteiger partial charge in [0.1, 0.15) is 5.82 Å². The molecule has 0 aliphatic carbocycles. The Balaban J connectivity index is 2.20. The van der Waals surface area contributed by atoms with Crippen LogP contribution in [0.1, 0.15) is 6.42 Å². The number of nitrogens with zero attached hydrogens (tertiary/aromatic N) is 2. The molecule has 1 aromatic rings. The third kappa shape index (κ3) is 1.87. The first-order valence-electron chi connectivity index (χ1n) is 4.44. The van der Waals surface area contributed by atoms with Gasteiger partial charge in [-0.3, -0.25) is 4.90 Å². The lowest BCUT2D eigenvalue weighted by Crippen LogP contribution is -2.46. The number of nitrogens with one attached hydrogen (secondary N) is 1. The molecule has 5 heteroatoms. The second-order valence-corrected chi connectivity index (χ2v) is 3.99. The van der Waals surface area contributed by atoms with Crippen LogP contribution < -0.4 is 10.2 Å². The van der Waals surface area contributed by atoms with Crippen LogP contribution in [-0.4, -0.2) is 24.1 Å². The Morgan fingerprint density at radius 3 is 3.00 bits per heavy atom. The second-order valence-electron chi connectivity index (χ2n) is 3.07. The predicted molar refractivity (Wildman–Crippen MR) is 57.3 cm³/mol. The summed E-state index contributed by atoms with van der Waals surface area (Å²) in [7, 11) is 0. The van der Waals surface area contributed by atoms with E-state index in [-0.39, 0.29) is 6.03 Å². The van der Waals surface area contributed by atoms with Gasteiger partial charge in [0.25, 0.3) is 0 Å². The molecule has 0 atom stereocenters. The minimum atomic E-state index is -0.0638. The van der Waals surface area contributed by atoms with Crippen molar-refractivity contribution in [2.45, 2.75) is 6.42 Å². The van der Waals surface area contributed by atoms with Crippen molar-refractivity contribution >= 4 is 27.8 Å². The number of rotatable bonds is 1. The van der Waals surface area contributed by atoms with E-state index in [1.54, 1.807) is 11.1 Å². The molecule has 1 N–H and O–H groups in total. The van der Waals surface area contributed by atoms with E-state index >= 15 is 0 Å². The topological polar surface area (TPSA) is 45.2 Å². The van der Waals surface area contributed by atoms with E-state index in [0.29, 0.717) is 5.82 Å². The Kier molecular flexibility index (Phi) is 2.67. The maximum Gasteiger partial charge on any atom is 0.323 e. The number of anilines is 1. The molecular weight excluding hydrogens is 246 g/mol. The van der Waals surface area contributed by atoms with Crippen molar-refractivity contribution in [1.29, 1.82) is 0 Å². The van der Waals surface area contributed by atoms with Gasteiger partial charge in [-0.05, 0) is 34.5 Å². The Bertz CT molecular complexity index is 338. The maximum atomic E-state index is 11.4. The van der Waals surface area contributed by atoms with E-state index in [0.717, 1.165) is 24.0 Å². The average Bonchev–Trinajstić information content (AvgIpc) is 2.20. The van der Waals surface area contributed by atoms with Crippen LogP contribution in [0, 0.1) is 0 Å². The third-order valence-corrected chi connectivity index (χ3v) is 2.54. The number of hydrogen-bond acceptors (Lipinski definition) is 2. The molecule has 14 heavy (non-hydrogen) atoms. The van der Waals surface area contributed by atoms with Crippen molar-refractivity contribution in [3.8, 4) is 0 Å². The normalized spacial score (nSPS) is 16.6. The van der Waals surface area contributed by atoms with E-state index in [2.05, 4.69) is 26.2 Å². The molecule has 1 fully saturated rings. The lowest BCUT2D eigenvalue weighted by atomic mass is 10.3. The van der Waals surface area contributed by atoms with Gasteiger partial charge < -0.3 is 5.32 Å². The highest BCUT2D eigenvalue weighted by Gasteiger charge is 2.19. The van der Waals surface area contributed by atoms with E-state index in [1.165, 1.54) is 0 Å². The average molecular weight is 256 g/mol. The van der Waals surface area contributed by atoms with Crippen molar-refractivity contribution in [1.82, 2.24) is 10.3 Å². The van der Waals surface area contributed by atoms with E-state index in [9.17, 15) is 4.79 Å². The number of hydrogen-bond donors (Lipinski definition) is 1. The fourth-order valence-electron chi connectivity index (χ4n) is 1.38. The molecule has 2 rings (SSSR count). The highest BCUT2D eigenvalue weighted by atomic mass is 79.9. The third-order valence-electron chi connectivity index (χ3n) is 2.07. The fraction of sp³-hybridized carbons (Fsp3) is 0.333. The molecule has 2 amide bonds. The first-order valence-corrected chi connectivity index (χ1v) is 5.23. The zero-order valence-electron chi connectivity index (χ0n) is 7.53. The molecule has 4 nitrogen and oxygen atoms in total. The molecule has 1 aliphatic heterocycles. The minimum absolute atomic E-state index is 0.0638. The summed E-state index contributed by atoms with van der Waals surface area (Å²) in [4.78, 5) is 17.3. The first kappa shape index (κ1) is 9.45. The predicted octanol–water partition coefficient (Wildman–Crippen LogP) is 1.76. The molecule has 1 aromatic heterocycles. The molecule has 2 heterocycles. The summed E-state index contributed by atoms with van der Waals surface area (Å²) in [5.41, 5.74) is 0. The molecule has 1 aliphatic rings. The molecule has 0 radical (unpaired) electrons. The first-order chi connectivity index (χ1) is 6.77. The number of carbonyl (C=O) groups is 1. The van der Waals surface area contributed by atoms with Gasteiger partial charge in [-0.25, -0.2) is 9.78 Å². The highest BCUT2D eigenvalue weighted by Crippen LogP contribution is 2.16. The van der Waals surface area contributed by atoms with Crippen molar-refractivity contribution in [2.75, 3.05) is 18.0 Å². The smallest absolute Gasteiger partial charge is 0.323 e. The lowest BCUT2D eigenvalue weighted by Gasteiger charge is -2.26. The van der Waals surface area contributed by atoms with Crippen LogP contribution in [0.3, 0.4) is 0 Å². The van der Waals surface area contributed by atoms with Crippen molar-refractivity contribution in [2.24, 2.45) is 0 Å². The number of amides is 2. The largest absolute Gasteiger partial charge is 0.338 e. The summed E-state index contributed by atoms with van der Waals surface area (Å²) in [5, 5.41) is 2.78. The van der Waals surface area contributed by atoms with Gasteiger partial charge in [0.15, 0.2) is 0 Å². The molecule has 0 bridgehead atoms. The van der Waals surface area contributed by atoms with Crippen molar-refractivity contribution in [3.05, 3.63) is 22.8 Å². The number of aromatic nitrogens is 1. The van der Waals surface area contributed by atoms with Crippen LogP contribution in [0.4, 0.5) is 10.6 Å². The van der Waals surface area contributed by atoms with Crippen LogP contribution in [0.15, 0.2) is 22.8 Å². The monoisotopic (exact) mass is 255 g/mol. The van der Waals surface area contributed by atoms with Gasteiger partial charge in [0.2, 0.25) is 0 Å². The zero-order valence-corrected chi connectivity index (χ0v) is 9.12.